The Morgan fingerprint density at radius 1 is 1.10 bits per heavy atom. The third kappa shape index (κ3) is 8.47. The van der Waals surface area contributed by atoms with E-state index in [0.29, 0.717) is 0 Å². The molecule has 0 rings (SSSR count). The highest BCUT2D eigenvalue weighted by Crippen LogP contribution is 1.99. The van der Waals surface area contributed by atoms with Gasteiger partial charge in [-0.05, 0) is 23.7 Å². The standard InChI is InChI=1S/C9H17I/c1-2-3-4-5-6-7-8-9-10/h5-6H,2-4,7-9H2,1H3/b6-5+. The summed E-state index contributed by atoms with van der Waals surface area (Å²) >= 11 is 2.42. The Morgan fingerprint density at radius 3 is 2.20 bits per heavy atom. The molecule has 0 nitrogen and oxygen atoms in total. The van der Waals surface area contributed by atoms with Crippen molar-refractivity contribution in [2.45, 2.75) is 39.0 Å². The molecule has 10 heavy (non-hydrogen) atoms. The van der Waals surface area contributed by atoms with Crippen molar-refractivity contribution < 1.29 is 0 Å². The topological polar surface area (TPSA) is 0 Å². The second-order valence-electron chi connectivity index (χ2n) is 2.44. The smallest absolute Gasteiger partial charge is 0.000178 e. The lowest BCUT2D eigenvalue weighted by Crippen LogP contribution is -1.71. The molecule has 0 spiro atoms. The Labute approximate surface area is 78.2 Å². The van der Waals surface area contributed by atoms with Crippen molar-refractivity contribution in [2.24, 2.45) is 0 Å². The molecule has 1 heteroatoms. The number of hydrogen-bond donors (Lipinski definition) is 0. The van der Waals surface area contributed by atoms with E-state index in [0.717, 1.165) is 0 Å². The predicted octanol–water partition coefficient (Wildman–Crippen LogP) is 3.95. The van der Waals surface area contributed by atoms with Crippen molar-refractivity contribution in [2.75, 3.05) is 4.43 Å². The maximum Gasteiger partial charge on any atom is -0.000178 e. The zero-order chi connectivity index (χ0) is 7.66. The number of rotatable bonds is 6. The first-order valence-corrected chi connectivity index (χ1v) is 5.65. The summed E-state index contributed by atoms with van der Waals surface area (Å²) < 4.78 is 1.29. The molecule has 0 radical (unpaired) electrons. The van der Waals surface area contributed by atoms with Crippen molar-refractivity contribution in [1.29, 1.82) is 0 Å². The molecule has 0 aliphatic heterocycles. The van der Waals surface area contributed by atoms with Crippen molar-refractivity contribution in [3.63, 3.8) is 0 Å². The van der Waals surface area contributed by atoms with Crippen LogP contribution < -0.4 is 0 Å². The molecule has 0 fully saturated rings. The highest BCUT2D eigenvalue weighted by molar-refractivity contribution is 14.1. The van der Waals surface area contributed by atoms with E-state index in [-0.39, 0.29) is 0 Å². The Balaban J connectivity index is 2.89. The molecule has 0 aromatic carbocycles. The predicted molar refractivity (Wildman–Crippen MR) is 56.8 cm³/mol. The summed E-state index contributed by atoms with van der Waals surface area (Å²) in [6, 6.07) is 0. The molecule has 0 aromatic heterocycles. The minimum atomic E-state index is 1.27. The maximum atomic E-state index is 2.42. The van der Waals surface area contributed by atoms with E-state index in [9.17, 15) is 0 Å². The molecule has 60 valence electrons. The third-order valence-corrected chi connectivity index (χ3v) is 2.16. The highest BCUT2D eigenvalue weighted by atomic mass is 127. The van der Waals surface area contributed by atoms with Crippen LogP contribution in [-0.2, 0) is 0 Å². The van der Waals surface area contributed by atoms with E-state index in [1.165, 1.54) is 36.5 Å². The molecule has 0 aromatic rings. The summed E-state index contributed by atoms with van der Waals surface area (Å²) in [4.78, 5) is 0. The monoisotopic (exact) mass is 252 g/mol. The van der Waals surface area contributed by atoms with Gasteiger partial charge in [0.05, 0.1) is 0 Å². The SMILES string of the molecule is CCCC/C=C/CCCI. The van der Waals surface area contributed by atoms with E-state index in [1.807, 2.05) is 0 Å². The lowest BCUT2D eigenvalue weighted by molar-refractivity contribution is 0.810. The van der Waals surface area contributed by atoms with Crippen molar-refractivity contribution >= 4 is 22.6 Å². The van der Waals surface area contributed by atoms with Crippen LogP contribution in [-0.4, -0.2) is 4.43 Å². The molecule has 0 heterocycles. The minimum Gasteiger partial charge on any atom is -0.0885 e. The van der Waals surface area contributed by atoms with Crippen LogP contribution in [0.25, 0.3) is 0 Å². The largest absolute Gasteiger partial charge is 0.0885 e. The Kier molecular flexibility index (Phi) is 9.92. The summed E-state index contributed by atoms with van der Waals surface area (Å²) in [6.45, 7) is 2.23. The quantitative estimate of drug-likeness (QED) is 0.290. The molecule has 0 aliphatic rings. The van der Waals surface area contributed by atoms with Crippen molar-refractivity contribution in [3.8, 4) is 0 Å². The molecule has 0 bridgehead atoms. The fraction of sp³-hybridized carbons (Fsp3) is 0.778. The summed E-state index contributed by atoms with van der Waals surface area (Å²) in [6.07, 6.45) is 11.2. The zero-order valence-electron chi connectivity index (χ0n) is 6.78. The first kappa shape index (κ1) is 10.5. The van der Waals surface area contributed by atoms with Gasteiger partial charge in [-0.15, -0.1) is 0 Å². The van der Waals surface area contributed by atoms with Crippen molar-refractivity contribution in [1.82, 2.24) is 0 Å². The Hall–Kier alpha value is 0.470. The maximum absolute atomic E-state index is 2.42. The second-order valence-corrected chi connectivity index (χ2v) is 3.52. The first-order chi connectivity index (χ1) is 4.91. The highest BCUT2D eigenvalue weighted by Gasteiger charge is 1.79. The molecular weight excluding hydrogens is 235 g/mol. The Morgan fingerprint density at radius 2 is 1.70 bits per heavy atom. The van der Waals surface area contributed by atoms with Crippen molar-refractivity contribution in [3.05, 3.63) is 12.2 Å². The molecule has 0 saturated heterocycles. The van der Waals surface area contributed by atoms with Crippen LogP contribution in [0.2, 0.25) is 0 Å². The van der Waals surface area contributed by atoms with Gasteiger partial charge in [0.25, 0.3) is 0 Å². The number of allylic oxidation sites excluding steroid dienone is 2. The minimum absolute atomic E-state index is 1.27. The van der Waals surface area contributed by atoms with Crippen LogP contribution >= 0.6 is 22.6 Å². The van der Waals surface area contributed by atoms with Gasteiger partial charge < -0.3 is 0 Å². The number of halogens is 1. The summed E-state index contributed by atoms with van der Waals surface area (Å²) in [5, 5.41) is 0. The second kappa shape index (κ2) is 9.47. The Bertz CT molecular complexity index is 66.8. The van der Waals surface area contributed by atoms with E-state index >= 15 is 0 Å². The third-order valence-electron chi connectivity index (χ3n) is 1.40. The summed E-state index contributed by atoms with van der Waals surface area (Å²) in [5.41, 5.74) is 0. The number of alkyl halides is 1. The van der Waals surface area contributed by atoms with Gasteiger partial charge in [-0.25, -0.2) is 0 Å². The molecule has 0 amide bonds. The summed E-state index contributed by atoms with van der Waals surface area (Å²) in [5.74, 6) is 0. The molecule has 0 saturated carbocycles. The average Bonchev–Trinajstić information content (AvgIpc) is 1.97. The lowest BCUT2D eigenvalue weighted by Gasteiger charge is -1.88. The van der Waals surface area contributed by atoms with Crippen LogP contribution in [0.1, 0.15) is 39.0 Å². The van der Waals surface area contributed by atoms with E-state index in [4.69, 9.17) is 0 Å². The van der Waals surface area contributed by atoms with Gasteiger partial charge in [-0.2, -0.15) is 0 Å². The van der Waals surface area contributed by atoms with E-state index in [1.54, 1.807) is 0 Å². The zero-order valence-corrected chi connectivity index (χ0v) is 8.93. The number of unbranched alkanes of at least 4 members (excludes halogenated alkanes) is 3. The summed E-state index contributed by atoms with van der Waals surface area (Å²) in [7, 11) is 0. The van der Waals surface area contributed by atoms with Gasteiger partial charge in [0.2, 0.25) is 0 Å². The average molecular weight is 252 g/mol. The van der Waals surface area contributed by atoms with E-state index in [2.05, 4.69) is 41.7 Å². The fourth-order valence-electron chi connectivity index (χ4n) is 0.753. The first-order valence-electron chi connectivity index (χ1n) is 4.12. The molecule has 0 unspecified atom stereocenters. The van der Waals surface area contributed by atoms with Crippen LogP contribution in [0.4, 0.5) is 0 Å². The van der Waals surface area contributed by atoms with Crippen LogP contribution in [0.5, 0.6) is 0 Å². The van der Waals surface area contributed by atoms with Crippen LogP contribution in [0.3, 0.4) is 0 Å². The molecule has 0 N–H and O–H groups in total. The molecule has 0 atom stereocenters. The van der Waals surface area contributed by atoms with Gasteiger partial charge >= 0.3 is 0 Å². The van der Waals surface area contributed by atoms with Crippen LogP contribution in [0, 0.1) is 0 Å². The van der Waals surface area contributed by atoms with E-state index < -0.39 is 0 Å². The normalized spacial score (nSPS) is 11.0. The van der Waals surface area contributed by atoms with Gasteiger partial charge in [0, 0.05) is 0 Å². The van der Waals surface area contributed by atoms with Gasteiger partial charge in [0.1, 0.15) is 0 Å². The molecule has 0 aliphatic carbocycles. The van der Waals surface area contributed by atoms with Gasteiger partial charge in [0.15, 0.2) is 0 Å². The van der Waals surface area contributed by atoms with Crippen LogP contribution in [0.15, 0.2) is 12.2 Å². The number of hydrogen-bond acceptors (Lipinski definition) is 0. The van der Waals surface area contributed by atoms with Gasteiger partial charge in [-0.1, -0.05) is 54.5 Å². The van der Waals surface area contributed by atoms with Gasteiger partial charge in [-0.3, -0.25) is 0 Å². The lowest BCUT2D eigenvalue weighted by atomic mass is 10.2. The fourth-order valence-corrected chi connectivity index (χ4v) is 1.19. The molecular formula is C9H17I.